The van der Waals surface area contributed by atoms with E-state index in [1.807, 2.05) is 6.92 Å². The summed E-state index contributed by atoms with van der Waals surface area (Å²) in [5, 5.41) is 8.81. The van der Waals surface area contributed by atoms with Crippen LogP contribution in [0.4, 0.5) is 0 Å². The molecule has 0 aromatic heterocycles. The summed E-state index contributed by atoms with van der Waals surface area (Å²) in [6.45, 7) is 3.71. The molecule has 0 spiro atoms. The Morgan fingerprint density at radius 1 is 1.71 bits per heavy atom. The molecule has 0 aliphatic carbocycles. The van der Waals surface area contributed by atoms with Gasteiger partial charge < -0.3 is 10.8 Å². The average Bonchev–Trinajstić information content (AvgIpc) is 1.65. The van der Waals surface area contributed by atoms with Gasteiger partial charge in [0, 0.05) is 6.04 Å². The molecule has 0 saturated carbocycles. The summed E-state index contributed by atoms with van der Waals surface area (Å²) in [7, 11) is 0. The lowest BCUT2D eigenvalue weighted by molar-refractivity contribution is 0.147. The molecule has 0 amide bonds. The van der Waals surface area contributed by atoms with E-state index in [0.29, 0.717) is 0 Å². The van der Waals surface area contributed by atoms with Gasteiger partial charge in [-0.15, -0.1) is 0 Å². The van der Waals surface area contributed by atoms with Crippen molar-refractivity contribution in [1.29, 1.82) is 0 Å². The molecule has 3 N–H and O–H groups in total. The molecule has 0 bridgehead atoms. The van der Waals surface area contributed by atoms with E-state index >= 15 is 0 Å². The van der Waals surface area contributed by atoms with Crippen molar-refractivity contribution in [2.75, 3.05) is 0 Å². The van der Waals surface area contributed by atoms with E-state index in [2.05, 4.69) is 0 Å². The summed E-state index contributed by atoms with van der Waals surface area (Å²) in [4.78, 5) is 0. The molecule has 0 fully saturated rings. The van der Waals surface area contributed by atoms with E-state index in [-0.39, 0.29) is 12.1 Å². The highest BCUT2D eigenvalue weighted by molar-refractivity contribution is 4.62. The van der Waals surface area contributed by atoms with Gasteiger partial charge in [0.2, 0.25) is 0 Å². The van der Waals surface area contributed by atoms with Gasteiger partial charge in [0.25, 0.3) is 0 Å². The number of hydrogen-bond donors (Lipinski definition) is 2. The molecule has 7 heavy (non-hydrogen) atoms. The third-order valence-electron chi connectivity index (χ3n) is 1.03. The molecular formula is C5H13NO. The molecule has 2 heteroatoms. The zero-order chi connectivity index (χ0) is 5.86. The Morgan fingerprint density at radius 3 is 2.14 bits per heavy atom. The van der Waals surface area contributed by atoms with Gasteiger partial charge in [-0.05, 0) is 13.3 Å². The van der Waals surface area contributed by atoms with E-state index in [0.717, 1.165) is 6.42 Å². The summed E-state index contributed by atoms with van der Waals surface area (Å²) >= 11 is 0. The van der Waals surface area contributed by atoms with Gasteiger partial charge in [0.05, 0.1) is 6.10 Å². The molecule has 2 atom stereocenters. The quantitative estimate of drug-likeness (QED) is 0.521. The number of nitrogens with two attached hydrogens (primary N) is 1. The van der Waals surface area contributed by atoms with Crippen LogP contribution < -0.4 is 5.73 Å². The van der Waals surface area contributed by atoms with Gasteiger partial charge in [-0.2, -0.15) is 0 Å². The first-order chi connectivity index (χ1) is 3.18. The summed E-state index contributed by atoms with van der Waals surface area (Å²) in [6, 6.07) is -0.0787. The van der Waals surface area contributed by atoms with Crippen molar-refractivity contribution in [3.05, 3.63) is 0 Å². The van der Waals surface area contributed by atoms with Crippen molar-refractivity contribution in [1.82, 2.24) is 0 Å². The van der Waals surface area contributed by atoms with Gasteiger partial charge >= 0.3 is 0 Å². The molecule has 2 nitrogen and oxygen atoms in total. The summed E-state index contributed by atoms with van der Waals surface area (Å²) < 4.78 is 0. The van der Waals surface area contributed by atoms with Gasteiger partial charge in [0.1, 0.15) is 0 Å². The number of aliphatic hydroxyl groups is 1. The predicted octanol–water partition coefficient (Wildman–Crippen LogP) is 0.104. The third-order valence-corrected chi connectivity index (χ3v) is 1.03. The molecule has 0 aromatic rings. The van der Waals surface area contributed by atoms with Crippen molar-refractivity contribution in [2.24, 2.45) is 5.73 Å². The fourth-order valence-electron chi connectivity index (χ4n) is 0.372. The zero-order valence-corrected chi connectivity index (χ0v) is 4.89. The Labute approximate surface area is 44.3 Å². The lowest BCUT2D eigenvalue weighted by Crippen LogP contribution is -2.30. The molecule has 0 rings (SSSR count). The Hall–Kier alpha value is -0.0800. The highest BCUT2D eigenvalue weighted by atomic mass is 16.3. The molecule has 44 valence electrons. The van der Waals surface area contributed by atoms with Crippen LogP contribution in [0.5, 0.6) is 0 Å². The first-order valence-corrected chi connectivity index (χ1v) is 2.62. The molecule has 1 unspecified atom stereocenters. The highest BCUT2D eigenvalue weighted by Gasteiger charge is 2.03. The molecule has 0 aliphatic heterocycles. The second kappa shape index (κ2) is 2.99. The fourth-order valence-corrected chi connectivity index (χ4v) is 0.372. The van der Waals surface area contributed by atoms with Crippen molar-refractivity contribution >= 4 is 0 Å². The first kappa shape index (κ1) is 6.92. The van der Waals surface area contributed by atoms with Crippen molar-refractivity contribution in [3.8, 4) is 0 Å². The Morgan fingerprint density at radius 2 is 2.14 bits per heavy atom. The minimum atomic E-state index is -0.319. The predicted molar refractivity (Wildman–Crippen MR) is 29.9 cm³/mol. The Kier molecular flexibility index (Phi) is 2.96. The minimum Gasteiger partial charge on any atom is -0.392 e. The second-order valence-electron chi connectivity index (χ2n) is 1.83. The van der Waals surface area contributed by atoms with Gasteiger partial charge in [-0.3, -0.25) is 0 Å². The third kappa shape index (κ3) is 2.60. The van der Waals surface area contributed by atoms with Crippen molar-refractivity contribution in [3.63, 3.8) is 0 Å². The van der Waals surface area contributed by atoms with Crippen LogP contribution in [0.25, 0.3) is 0 Å². The van der Waals surface area contributed by atoms with Gasteiger partial charge in [-0.1, -0.05) is 6.92 Å². The molecule has 0 aliphatic rings. The monoisotopic (exact) mass is 103 g/mol. The standard InChI is InChI=1S/C5H13NO/c1-3-5(7)4(2)6/h4-5,7H,3,6H2,1-2H3/t4?,5-/m0/s1. The molecule has 0 aromatic carbocycles. The van der Waals surface area contributed by atoms with Crippen LogP contribution in [-0.2, 0) is 0 Å². The average molecular weight is 103 g/mol. The van der Waals surface area contributed by atoms with Crippen molar-refractivity contribution < 1.29 is 5.11 Å². The maximum atomic E-state index is 8.81. The summed E-state index contributed by atoms with van der Waals surface area (Å²) in [5.74, 6) is 0. The fraction of sp³-hybridized carbons (Fsp3) is 1.00. The van der Waals surface area contributed by atoms with Gasteiger partial charge in [0.15, 0.2) is 0 Å². The normalized spacial score (nSPS) is 18.9. The summed E-state index contributed by atoms with van der Waals surface area (Å²) in [6.07, 6.45) is 0.428. The minimum absolute atomic E-state index is 0.0787. The summed E-state index contributed by atoms with van der Waals surface area (Å²) in [5.41, 5.74) is 5.30. The van der Waals surface area contributed by atoms with E-state index in [1.165, 1.54) is 0 Å². The van der Waals surface area contributed by atoms with Crippen LogP contribution >= 0.6 is 0 Å². The maximum Gasteiger partial charge on any atom is 0.0685 e. The number of hydrogen-bond acceptors (Lipinski definition) is 2. The first-order valence-electron chi connectivity index (χ1n) is 2.62. The molecule has 0 heterocycles. The number of aliphatic hydroxyl groups excluding tert-OH is 1. The molecular weight excluding hydrogens is 90.1 g/mol. The van der Waals surface area contributed by atoms with Crippen LogP contribution in [0.3, 0.4) is 0 Å². The van der Waals surface area contributed by atoms with Crippen LogP contribution in [0.1, 0.15) is 20.3 Å². The largest absolute Gasteiger partial charge is 0.392 e. The zero-order valence-electron chi connectivity index (χ0n) is 4.89. The van der Waals surface area contributed by atoms with Crippen LogP contribution in [0, 0.1) is 0 Å². The maximum absolute atomic E-state index is 8.81. The van der Waals surface area contributed by atoms with Crippen LogP contribution in [0.2, 0.25) is 0 Å². The Bertz CT molecular complexity index is 45.3. The molecule has 0 radical (unpaired) electrons. The number of rotatable bonds is 2. The molecule has 0 saturated heterocycles. The van der Waals surface area contributed by atoms with E-state index < -0.39 is 0 Å². The van der Waals surface area contributed by atoms with E-state index in [4.69, 9.17) is 10.8 Å². The van der Waals surface area contributed by atoms with Crippen LogP contribution in [0.15, 0.2) is 0 Å². The topological polar surface area (TPSA) is 46.2 Å². The highest BCUT2D eigenvalue weighted by Crippen LogP contribution is 1.91. The van der Waals surface area contributed by atoms with E-state index in [9.17, 15) is 0 Å². The van der Waals surface area contributed by atoms with Gasteiger partial charge in [-0.25, -0.2) is 0 Å². The van der Waals surface area contributed by atoms with Crippen LogP contribution in [-0.4, -0.2) is 17.3 Å². The lowest BCUT2D eigenvalue weighted by Gasteiger charge is -2.09. The van der Waals surface area contributed by atoms with Crippen molar-refractivity contribution in [2.45, 2.75) is 32.4 Å². The SMILES string of the molecule is CC[C@H](O)C(C)N. The second-order valence-corrected chi connectivity index (χ2v) is 1.83. The van der Waals surface area contributed by atoms with E-state index in [1.54, 1.807) is 6.92 Å². The Balaban J connectivity index is 3.14. The smallest absolute Gasteiger partial charge is 0.0685 e. The lowest BCUT2D eigenvalue weighted by atomic mass is 10.1.